The zero-order valence-corrected chi connectivity index (χ0v) is 9.60. The number of nitrogens with two attached hydrogens (primary N) is 1. The molecule has 2 rings (SSSR count). The molecule has 0 radical (unpaired) electrons. The zero-order chi connectivity index (χ0) is 9.26. The molecule has 0 fully saturated rings. The van der Waals surface area contributed by atoms with Gasteiger partial charge in [-0.05, 0) is 17.7 Å². The molecule has 0 atom stereocenters. The van der Waals surface area contributed by atoms with Crippen molar-refractivity contribution in [2.24, 2.45) is 0 Å². The molecule has 0 aliphatic carbocycles. The molecular weight excluding hydrogens is 265 g/mol. The molecule has 3 N–H and O–H groups in total. The van der Waals surface area contributed by atoms with Gasteiger partial charge in [-0.25, -0.2) is 4.98 Å². The van der Waals surface area contributed by atoms with Crippen molar-refractivity contribution in [2.45, 2.75) is 0 Å². The highest BCUT2D eigenvalue weighted by Gasteiger charge is 1.99. The molecule has 0 unspecified atom stereocenters. The van der Waals surface area contributed by atoms with Gasteiger partial charge in [-0.2, -0.15) is 0 Å². The van der Waals surface area contributed by atoms with Gasteiger partial charge in [0.15, 0.2) is 5.95 Å². The normalized spacial score (nSPS) is 9.50. The Morgan fingerprint density at radius 3 is 2.36 bits per heavy atom. The lowest BCUT2D eigenvalue weighted by Gasteiger charge is -1.96. The maximum absolute atomic E-state index is 5.47. The highest BCUT2D eigenvalue weighted by atomic mass is 79.9. The van der Waals surface area contributed by atoms with Crippen molar-refractivity contribution in [3.05, 3.63) is 34.9 Å². The number of benzene rings is 1. The first-order chi connectivity index (χ1) is 6.25. The third kappa shape index (κ3) is 2.27. The van der Waals surface area contributed by atoms with E-state index >= 15 is 0 Å². The van der Waals surface area contributed by atoms with Gasteiger partial charge in [0.05, 0.1) is 11.9 Å². The molecule has 1 aromatic carbocycles. The van der Waals surface area contributed by atoms with Crippen LogP contribution in [0.4, 0.5) is 5.95 Å². The lowest BCUT2D eigenvalue weighted by molar-refractivity contribution is 1.33. The summed E-state index contributed by atoms with van der Waals surface area (Å²) in [6.45, 7) is 0. The number of imidazole rings is 1. The van der Waals surface area contributed by atoms with Crippen molar-refractivity contribution < 1.29 is 0 Å². The summed E-state index contributed by atoms with van der Waals surface area (Å²) in [5.41, 5.74) is 7.48. The number of aromatic nitrogens is 2. The number of nitrogens with one attached hydrogen (secondary N) is 1. The van der Waals surface area contributed by atoms with Gasteiger partial charge in [-0.15, -0.1) is 12.4 Å². The van der Waals surface area contributed by atoms with E-state index < -0.39 is 0 Å². The van der Waals surface area contributed by atoms with E-state index in [9.17, 15) is 0 Å². The first-order valence-corrected chi connectivity index (χ1v) is 4.61. The Morgan fingerprint density at radius 2 is 1.86 bits per heavy atom. The predicted octanol–water partition coefficient (Wildman–Crippen LogP) is 2.84. The molecular formula is C9H9BrClN3. The SMILES string of the molecule is Cl.Nc1ncc(-c2ccc(Br)cc2)[nH]1. The van der Waals surface area contributed by atoms with Crippen LogP contribution in [0, 0.1) is 0 Å². The topological polar surface area (TPSA) is 54.7 Å². The van der Waals surface area contributed by atoms with Crippen molar-refractivity contribution in [3.8, 4) is 11.3 Å². The number of hydrogen-bond acceptors (Lipinski definition) is 2. The average molecular weight is 275 g/mol. The van der Waals surface area contributed by atoms with E-state index in [-0.39, 0.29) is 12.4 Å². The monoisotopic (exact) mass is 273 g/mol. The molecule has 1 aromatic heterocycles. The molecule has 0 aliphatic rings. The fourth-order valence-corrected chi connectivity index (χ4v) is 1.38. The fourth-order valence-electron chi connectivity index (χ4n) is 1.11. The van der Waals surface area contributed by atoms with E-state index in [1.807, 2.05) is 24.3 Å². The Hall–Kier alpha value is -1.00. The molecule has 74 valence electrons. The lowest BCUT2D eigenvalue weighted by Crippen LogP contribution is -1.85. The second kappa shape index (κ2) is 4.48. The molecule has 0 saturated heterocycles. The zero-order valence-electron chi connectivity index (χ0n) is 7.20. The van der Waals surface area contributed by atoms with Gasteiger partial charge in [0.25, 0.3) is 0 Å². The molecule has 0 aliphatic heterocycles. The van der Waals surface area contributed by atoms with Crippen molar-refractivity contribution in [1.29, 1.82) is 0 Å². The maximum Gasteiger partial charge on any atom is 0.197 e. The summed E-state index contributed by atoms with van der Waals surface area (Å²) >= 11 is 3.37. The van der Waals surface area contributed by atoms with Gasteiger partial charge in [0, 0.05) is 4.47 Å². The standard InChI is InChI=1S/C9H8BrN3.ClH/c10-7-3-1-6(2-4-7)8-5-12-9(11)13-8;/h1-5H,(H3,11,12,13);1H. The fraction of sp³-hybridized carbons (Fsp3) is 0. The smallest absolute Gasteiger partial charge is 0.197 e. The van der Waals surface area contributed by atoms with Gasteiger partial charge in [0.2, 0.25) is 0 Å². The number of H-pyrrole nitrogens is 1. The van der Waals surface area contributed by atoms with Gasteiger partial charge >= 0.3 is 0 Å². The summed E-state index contributed by atoms with van der Waals surface area (Å²) in [6.07, 6.45) is 1.72. The van der Waals surface area contributed by atoms with Crippen LogP contribution in [0.5, 0.6) is 0 Å². The summed E-state index contributed by atoms with van der Waals surface area (Å²) in [4.78, 5) is 6.89. The summed E-state index contributed by atoms with van der Waals surface area (Å²) in [6, 6.07) is 7.95. The van der Waals surface area contributed by atoms with Crippen LogP contribution in [-0.4, -0.2) is 9.97 Å². The summed E-state index contributed by atoms with van der Waals surface area (Å²) in [5, 5.41) is 0. The van der Waals surface area contributed by atoms with Gasteiger partial charge in [-0.1, -0.05) is 28.1 Å². The summed E-state index contributed by atoms with van der Waals surface area (Å²) < 4.78 is 1.06. The minimum absolute atomic E-state index is 0. The second-order valence-electron chi connectivity index (χ2n) is 2.69. The third-order valence-electron chi connectivity index (χ3n) is 1.75. The number of aromatic amines is 1. The highest BCUT2D eigenvalue weighted by molar-refractivity contribution is 9.10. The number of nitrogen functional groups attached to an aromatic ring is 1. The third-order valence-corrected chi connectivity index (χ3v) is 2.28. The van der Waals surface area contributed by atoms with Gasteiger partial charge in [0.1, 0.15) is 0 Å². The van der Waals surface area contributed by atoms with E-state index in [1.165, 1.54) is 0 Å². The molecule has 0 saturated carbocycles. The van der Waals surface area contributed by atoms with Crippen LogP contribution >= 0.6 is 28.3 Å². The second-order valence-corrected chi connectivity index (χ2v) is 3.60. The first-order valence-electron chi connectivity index (χ1n) is 3.82. The van der Waals surface area contributed by atoms with Gasteiger partial charge < -0.3 is 10.7 Å². The molecule has 1 heterocycles. The quantitative estimate of drug-likeness (QED) is 0.840. The Balaban J connectivity index is 0.000000980. The number of rotatable bonds is 1. The van der Waals surface area contributed by atoms with Crippen molar-refractivity contribution in [1.82, 2.24) is 9.97 Å². The Kier molecular flexibility index (Phi) is 3.55. The minimum Gasteiger partial charge on any atom is -0.369 e. The maximum atomic E-state index is 5.47. The Bertz CT molecular complexity index is 410. The van der Waals surface area contributed by atoms with Crippen molar-refractivity contribution >= 4 is 34.3 Å². The molecule has 0 amide bonds. The molecule has 0 spiro atoms. The van der Waals surface area contributed by atoms with Crippen LogP contribution < -0.4 is 5.73 Å². The van der Waals surface area contributed by atoms with Crippen molar-refractivity contribution in [2.75, 3.05) is 5.73 Å². The van der Waals surface area contributed by atoms with E-state index in [1.54, 1.807) is 6.20 Å². The largest absolute Gasteiger partial charge is 0.369 e. The van der Waals surface area contributed by atoms with E-state index in [4.69, 9.17) is 5.73 Å². The van der Waals surface area contributed by atoms with Crippen LogP contribution in [0.1, 0.15) is 0 Å². The predicted molar refractivity (Wildman–Crippen MR) is 63.4 cm³/mol. The number of anilines is 1. The molecule has 2 aromatic rings. The number of nitrogens with zero attached hydrogens (tertiary/aromatic N) is 1. The molecule has 14 heavy (non-hydrogen) atoms. The Labute approximate surface area is 96.3 Å². The van der Waals surface area contributed by atoms with Crippen molar-refractivity contribution in [3.63, 3.8) is 0 Å². The van der Waals surface area contributed by atoms with Crippen LogP contribution in [0.3, 0.4) is 0 Å². The molecule has 3 nitrogen and oxygen atoms in total. The van der Waals surface area contributed by atoms with E-state index in [0.29, 0.717) is 5.95 Å². The van der Waals surface area contributed by atoms with Crippen LogP contribution in [0.25, 0.3) is 11.3 Å². The summed E-state index contributed by atoms with van der Waals surface area (Å²) in [7, 11) is 0. The van der Waals surface area contributed by atoms with Crippen LogP contribution in [0.15, 0.2) is 34.9 Å². The average Bonchev–Trinajstić information content (AvgIpc) is 2.53. The lowest BCUT2D eigenvalue weighted by atomic mass is 10.2. The first kappa shape index (κ1) is 11.1. The van der Waals surface area contributed by atoms with E-state index in [2.05, 4.69) is 25.9 Å². The molecule has 0 bridgehead atoms. The summed E-state index contributed by atoms with van der Waals surface area (Å²) in [5.74, 6) is 0.443. The highest BCUT2D eigenvalue weighted by Crippen LogP contribution is 2.19. The van der Waals surface area contributed by atoms with Crippen LogP contribution in [0.2, 0.25) is 0 Å². The van der Waals surface area contributed by atoms with Gasteiger partial charge in [-0.3, -0.25) is 0 Å². The number of halogens is 2. The number of hydrogen-bond donors (Lipinski definition) is 2. The van der Waals surface area contributed by atoms with Crippen LogP contribution in [-0.2, 0) is 0 Å². The minimum atomic E-state index is 0. The molecule has 5 heteroatoms. The Morgan fingerprint density at radius 1 is 1.21 bits per heavy atom. The van der Waals surface area contributed by atoms with E-state index in [0.717, 1.165) is 15.7 Å².